The highest BCUT2D eigenvalue weighted by molar-refractivity contribution is 9.10. The maximum absolute atomic E-state index is 13.6. The van der Waals surface area contributed by atoms with Gasteiger partial charge in [0.1, 0.15) is 5.82 Å². The number of halogens is 2. The van der Waals surface area contributed by atoms with Gasteiger partial charge in [-0.1, -0.05) is 28.8 Å². The predicted octanol–water partition coefficient (Wildman–Crippen LogP) is 3.74. The summed E-state index contributed by atoms with van der Waals surface area (Å²) in [6, 6.07) is 4.82. The van der Waals surface area contributed by atoms with Crippen molar-refractivity contribution in [3.8, 4) is 0 Å². The van der Waals surface area contributed by atoms with Crippen molar-refractivity contribution in [3.05, 3.63) is 34.1 Å². The number of carbonyl (C=O) groups excluding carboxylic acids is 1. The van der Waals surface area contributed by atoms with Gasteiger partial charge in [0.2, 0.25) is 5.91 Å². The van der Waals surface area contributed by atoms with Crippen LogP contribution in [0.15, 0.2) is 22.7 Å². The van der Waals surface area contributed by atoms with E-state index in [-0.39, 0.29) is 17.6 Å². The molecule has 0 N–H and O–H groups in total. The van der Waals surface area contributed by atoms with E-state index >= 15 is 0 Å². The van der Waals surface area contributed by atoms with Crippen molar-refractivity contribution in [2.75, 3.05) is 7.05 Å². The molecule has 1 aromatic rings. The lowest BCUT2D eigenvalue weighted by atomic mass is 10.1. The zero-order chi connectivity index (χ0) is 13.1. The molecule has 2 rings (SSSR count). The molecule has 1 saturated carbocycles. The van der Waals surface area contributed by atoms with Crippen LogP contribution in [0.1, 0.15) is 31.2 Å². The minimum Gasteiger partial charge on any atom is -0.341 e. The topological polar surface area (TPSA) is 20.3 Å². The molecule has 0 heterocycles. The highest BCUT2D eigenvalue weighted by Crippen LogP contribution is 2.27. The number of nitrogens with zero attached hydrogens (tertiary/aromatic N) is 1. The monoisotopic (exact) mass is 313 g/mol. The molecule has 2 nitrogen and oxygen atoms in total. The normalized spacial score (nSPS) is 15.9. The fraction of sp³-hybridized carbons (Fsp3) is 0.500. The van der Waals surface area contributed by atoms with Gasteiger partial charge < -0.3 is 4.90 Å². The van der Waals surface area contributed by atoms with Gasteiger partial charge in [-0.15, -0.1) is 0 Å². The van der Waals surface area contributed by atoms with E-state index < -0.39 is 0 Å². The van der Waals surface area contributed by atoms with Crippen LogP contribution < -0.4 is 0 Å². The van der Waals surface area contributed by atoms with Crippen molar-refractivity contribution in [1.82, 2.24) is 4.90 Å². The van der Waals surface area contributed by atoms with E-state index in [4.69, 9.17) is 0 Å². The van der Waals surface area contributed by atoms with Gasteiger partial charge >= 0.3 is 0 Å². The SMILES string of the molecule is CN(Cc1cc(Br)ccc1F)C(=O)C1CCCC1. The predicted molar refractivity (Wildman–Crippen MR) is 72.5 cm³/mol. The van der Waals surface area contributed by atoms with Gasteiger partial charge in [0.15, 0.2) is 0 Å². The van der Waals surface area contributed by atoms with Crippen LogP contribution in [0, 0.1) is 11.7 Å². The summed E-state index contributed by atoms with van der Waals surface area (Å²) in [6.07, 6.45) is 4.22. The zero-order valence-corrected chi connectivity index (χ0v) is 12.0. The van der Waals surface area contributed by atoms with E-state index in [2.05, 4.69) is 15.9 Å². The molecule has 0 spiro atoms. The summed E-state index contributed by atoms with van der Waals surface area (Å²) in [5, 5.41) is 0. The van der Waals surface area contributed by atoms with Gasteiger partial charge in [0.05, 0.1) is 0 Å². The molecule has 0 atom stereocenters. The average Bonchev–Trinajstić information content (AvgIpc) is 2.86. The van der Waals surface area contributed by atoms with Gasteiger partial charge in [-0.3, -0.25) is 4.79 Å². The highest BCUT2D eigenvalue weighted by atomic mass is 79.9. The quantitative estimate of drug-likeness (QED) is 0.832. The van der Waals surface area contributed by atoms with Crippen molar-refractivity contribution >= 4 is 21.8 Å². The van der Waals surface area contributed by atoms with Crippen LogP contribution in [0.25, 0.3) is 0 Å². The smallest absolute Gasteiger partial charge is 0.225 e. The Balaban J connectivity index is 2.03. The van der Waals surface area contributed by atoms with Crippen molar-refractivity contribution in [3.63, 3.8) is 0 Å². The molecule has 0 aromatic heterocycles. The standard InChI is InChI=1S/C14H17BrFNO/c1-17(14(18)10-4-2-3-5-10)9-11-8-12(15)6-7-13(11)16/h6-8,10H,2-5,9H2,1H3. The largest absolute Gasteiger partial charge is 0.341 e. The lowest BCUT2D eigenvalue weighted by Crippen LogP contribution is -2.31. The van der Waals surface area contributed by atoms with E-state index in [0.717, 1.165) is 30.2 Å². The molecule has 1 aliphatic rings. The fourth-order valence-corrected chi connectivity index (χ4v) is 2.89. The summed E-state index contributed by atoms with van der Waals surface area (Å²) >= 11 is 3.32. The Morgan fingerprint density at radius 3 is 2.78 bits per heavy atom. The van der Waals surface area contributed by atoms with Gasteiger partial charge in [0.25, 0.3) is 0 Å². The summed E-state index contributed by atoms with van der Waals surface area (Å²) in [4.78, 5) is 13.8. The number of amides is 1. The molecule has 98 valence electrons. The Hall–Kier alpha value is -0.900. The van der Waals surface area contributed by atoms with Crippen molar-refractivity contribution in [1.29, 1.82) is 0 Å². The second-order valence-corrected chi connectivity index (χ2v) is 5.83. The Morgan fingerprint density at radius 1 is 1.44 bits per heavy atom. The van der Waals surface area contributed by atoms with Crippen molar-refractivity contribution in [2.24, 2.45) is 5.92 Å². The van der Waals surface area contributed by atoms with Crippen LogP contribution in [-0.4, -0.2) is 17.9 Å². The molecule has 18 heavy (non-hydrogen) atoms. The van der Waals surface area contributed by atoms with Crippen LogP contribution >= 0.6 is 15.9 Å². The average molecular weight is 314 g/mol. The minimum atomic E-state index is -0.260. The van der Waals surface area contributed by atoms with Crippen molar-refractivity contribution < 1.29 is 9.18 Å². The number of hydrogen-bond acceptors (Lipinski definition) is 1. The fourth-order valence-electron chi connectivity index (χ4n) is 2.48. The van der Waals surface area contributed by atoms with Crippen LogP contribution in [0.2, 0.25) is 0 Å². The summed E-state index contributed by atoms with van der Waals surface area (Å²) in [5.41, 5.74) is 0.554. The third-order valence-electron chi connectivity index (χ3n) is 3.50. The maximum atomic E-state index is 13.6. The summed E-state index contributed by atoms with van der Waals surface area (Å²) in [6.45, 7) is 0.334. The minimum absolute atomic E-state index is 0.144. The molecule has 1 aliphatic carbocycles. The summed E-state index contributed by atoms with van der Waals surface area (Å²) in [7, 11) is 1.75. The van der Waals surface area contributed by atoms with Crippen LogP contribution in [0.3, 0.4) is 0 Å². The number of rotatable bonds is 3. The first-order chi connectivity index (χ1) is 8.58. The molecular formula is C14H17BrFNO. The Morgan fingerprint density at radius 2 is 2.11 bits per heavy atom. The number of carbonyl (C=O) groups is 1. The first kappa shape index (κ1) is 13.5. The van der Waals surface area contributed by atoms with E-state index in [9.17, 15) is 9.18 Å². The van der Waals surface area contributed by atoms with Crippen LogP contribution in [0.5, 0.6) is 0 Å². The van der Waals surface area contributed by atoms with Gasteiger partial charge in [-0.05, 0) is 31.0 Å². The molecule has 0 saturated heterocycles. The second kappa shape index (κ2) is 5.83. The van der Waals surface area contributed by atoms with Gasteiger partial charge in [0, 0.05) is 29.5 Å². The zero-order valence-electron chi connectivity index (χ0n) is 10.5. The number of benzene rings is 1. The molecule has 4 heteroatoms. The molecule has 0 unspecified atom stereocenters. The summed E-state index contributed by atoms with van der Waals surface area (Å²) in [5.74, 6) is 0.0290. The molecule has 0 radical (unpaired) electrons. The molecule has 1 aromatic carbocycles. The second-order valence-electron chi connectivity index (χ2n) is 4.91. The molecule has 0 bridgehead atoms. The van der Waals surface area contributed by atoms with Crippen LogP contribution in [0.4, 0.5) is 4.39 Å². The molecular weight excluding hydrogens is 297 g/mol. The van der Waals surface area contributed by atoms with E-state index in [1.165, 1.54) is 6.07 Å². The first-order valence-electron chi connectivity index (χ1n) is 6.27. The van der Waals surface area contributed by atoms with E-state index in [1.807, 2.05) is 0 Å². The molecule has 1 fully saturated rings. The van der Waals surface area contributed by atoms with Crippen LogP contribution in [-0.2, 0) is 11.3 Å². The highest BCUT2D eigenvalue weighted by Gasteiger charge is 2.25. The van der Waals surface area contributed by atoms with E-state index in [1.54, 1.807) is 24.1 Å². The third kappa shape index (κ3) is 3.10. The molecule has 0 aliphatic heterocycles. The molecule has 1 amide bonds. The lowest BCUT2D eigenvalue weighted by Gasteiger charge is -2.21. The Kier molecular flexibility index (Phi) is 4.38. The van der Waals surface area contributed by atoms with Gasteiger partial charge in [-0.2, -0.15) is 0 Å². The number of hydrogen-bond donors (Lipinski definition) is 0. The van der Waals surface area contributed by atoms with Gasteiger partial charge in [-0.25, -0.2) is 4.39 Å². The first-order valence-corrected chi connectivity index (χ1v) is 7.06. The van der Waals surface area contributed by atoms with E-state index in [0.29, 0.717) is 12.1 Å². The third-order valence-corrected chi connectivity index (χ3v) is 3.99. The lowest BCUT2D eigenvalue weighted by molar-refractivity contribution is -0.134. The van der Waals surface area contributed by atoms with Crippen molar-refractivity contribution in [2.45, 2.75) is 32.2 Å². The summed E-state index contributed by atoms with van der Waals surface area (Å²) < 4.78 is 14.4. The Bertz CT molecular complexity index is 443. The maximum Gasteiger partial charge on any atom is 0.225 e. The Labute approximate surface area is 115 Å².